The van der Waals surface area contributed by atoms with E-state index < -0.39 is 0 Å². The van der Waals surface area contributed by atoms with Crippen LogP contribution in [0.2, 0.25) is 5.02 Å². The molecule has 0 saturated carbocycles. The summed E-state index contributed by atoms with van der Waals surface area (Å²) in [7, 11) is 0. The fourth-order valence-corrected chi connectivity index (χ4v) is 2.35. The molecule has 0 bridgehead atoms. The highest BCUT2D eigenvalue weighted by Crippen LogP contribution is 2.17. The number of rotatable bonds is 4. The second kappa shape index (κ2) is 5.63. The van der Waals surface area contributed by atoms with Crippen molar-refractivity contribution in [1.29, 1.82) is 0 Å². The molecule has 1 aromatic carbocycles. The molecule has 0 aromatic heterocycles. The minimum absolute atomic E-state index is 0.0890. The van der Waals surface area contributed by atoms with Crippen LogP contribution in [0.4, 0.5) is 0 Å². The van der Waals surface area contributed by atoms with E-state index in [1.54, 1.807) is 24.3 Å². The molecule has 0 aliphatic carbocycles. The number of aliphatic hydroxyl groups excluding tert-OH is 1. The molecule has 1 heterocycles. The second-order valence-electron chi connectivity index (χ2n) is 4.51. The summed E-state index contributed by atoms with van der Waals surface area (Å²) >= 11 is 5.85. The van der Waals surface area contributed by atoms with Gasteiger partial charge < -0.3 is 5.11 Å². The van der Waals surface area contributed by atoms with Crippen molar-refractivity contribution in [2.75, 3.05) is 26.2 Å². The van der Waals surface area contributed by atoms with E-state index in [9.17, 15) is 4.79 Å². The molecule has 92 valence electrons. The van der Waals surface area contributed by atoms with Crippen molar-refractivity contribution in [3.05, 3.63) is 34.9 Å². The maximum Gasteiger partial charge on any atom is 0.176 e. The minimum Gasteiger partial charge on any atom is -0.396 e. The molecule has 1 saturated heterocycles. The number of carbonyl (C=O) groups is 1. The number of benzene rings is 1. The molecule has 0 spiro atoms. The lowest BCUT2D eigenvalue weighted by atomic mass is 10.1. The summed E-state index contributed by atoms with van der Waals surface area (Å²) in [5.74, 6) is 0.410. The molecule has 3 nitrogen and oxygen atoms in total. The highest BCUT2D eigenvalue weighted by atomic mass is 35.5. The predicted molar refractivity (Wildman–Crippen MR) is 67.4 cm³/mol. The summed E-state index contributed by atoms with van der Waals surface area (Å²) in [4.78, 5) is 14.1. The van der Waals surface area contributed by atoms with E-state index in [1.165, 1.54) is 0 Å². The standard InChI is InChI=1S/C13H16ClNO2/c14-12-3-1-2-11(6-12)13(17)8-15-5-4-10(7-15)9-16/h1-3,6,10,16H,4-5,7-9H2. The van der Waals surface area contributed by atoms with Gasteiger partial charge in [0.05, 0.1) is 6.54 Å². The van der Waals surface area contributed by atoms with E-state index in [-0.39, 0.29) is 12.4 Å². The number of Topliss-reactive ketones (excluding diaryl/α,β-unsaturated/α-hetero) is 1. The van der Waals surface area contributed by atoms with Crippen LogP contribution >= 0.6 is 11.6 Å². The Balaban J connectivity index is 1.94. The Morgan fingerprint density at radius 3 is 3.00 bits per heavy atom. The van der Waals surface area contributed by atoms with Crippen LogP contribution in [0.15, 0.2) is 24.3 Å². The van der Waals surface area contributed by atoms with Crippen LogP contribution in [0.25, 0.3) is 0 Å². The maximum atomic E-state index is 12.0. The lowest BCUT2D eigenvalue weighted by Gasteiger charge is -2.14. The average Bonchev–Trinajstić information content (AvgIpc) is 2.77. The topological polar surface area (TPSA) is 40.5 Å². The highest BCUT2D eigenvalue weighted by molar-refractivity contribution is 6.31. The molecule has 4 heteroatoms. The lowest BCUT2D eigenvalue weighted by Crippen LogP contribution is -2.28. The van der Waals surface area contributed by atoms with E-state index in [1.807, 2.05) is 0 Å². The smallest absolute Gasteiger partial charge is 0.176 e. The van der Waals surface area contributed by atoms with Crippen molar-refractivity contribution in [3.63, 3.8) is 0 Å². The van der Waals surface area contributed by atoms with Gasteiger partial charge in [-0.05, 0) is 31.0 Å². The zero-order chi connectivity index (χ0) is 12.3. The van der Waals surface area contributed by atoms with Crippen molar-refractivity contribution < 1.29 is 9.90 Å². The largest absolute Gasteiger partial charge is 0.396 e. The summed E-state index contributed by atoms with van der Waals surface area (Å²) in [5, 5.41) is 9.63. The summed E-state index contributed by atoms with van der Waals surface area (Å²) in [6, 6.07) is 7.03. The quantitative estimate of drug-likeness (QED) is 0.833. The Bertz CT molecular complexity index is 408. The Hall–Kier alpha value is -0.900. The summed E-state index contributed by atoms with van der Waals surface area (Å²) < 4.78 is 0. The van der Waals surface area contributed by atoms with Gasteiger partial charge in [0.1, 0.15) is 0 Å². The van der Waals surface area contributed by atoms with E-state index in [0.29, 0.717) is 23.0 Å². The second-order valence-corrected chi connectivity index (χ2v) is 4.94. The zero-order valence-corrected chi connectivity index (χ0v) is 10.4. The van der Waals surface area contributed by atoms with Gasteiger partial charge >= 0.3 is 0 Å². The van der Waals surface area contributed by atoms with Gasteiger partial charge in [-0.15, -0.1) is 0 Å². The van der Waals surface area contributed by atoms with E-state index in [0.717, 1.165) is 19.5 Å². The first-order chi connectivity index (χ1) is 8.19. The van der Waals surface area contributed by atoms with Crippen LogP contribution in [0.5, 0.6) is 0 Å². The van der Waals surface area contributed by atoms with Crippen LogP contribution in [0, 0.1) is 5.92 Å². The molecule has 1 unspecified atom stereocenters. The fraction of sp³-hybridized carbons (Fsp3) is 0.462. The summed E-state index contributed by atoms with van der Waals surface area (Å²) in [5.41, 5.74) is 0.657. The van der Waals surface area contributed by atoms with E-state index in [2.05, 4.69) is 4.90 Å². The van der Waals surface area contributed by atoms with Gasteiger partial charge in [0, 0.05) is 23.7 Å². The van der Waals surface area contributed by atoms with Crippen molar-refractivity contribution >= 4 is 17.4 Å². The Labute approximate surface area is 106 Å². The molecule has 1 fully saturated rings. The van der Waals surface area contributed by atoms with Gasteiger partial charge in [0.25, 0.3) is 0 Å². The summed E-state index contributed by atoms with van der Waals surface area (Å²) in [6.45, 7) is 2.32. The molecular formula is C13H16ClNO2. The SMILES string of the molecule is O=C(CN1CCC(CO)C1)c1cccc(Cl)c1. The Morgan fingerprint density at radius 2 is 2.35 bits per heavy atom. The number of nitrogens with zero attached hydrogens (tertiary/aromatic N) is 1. The van der Waals surface area contributed by atoms with Crippen LogP contribution in [0.1, 0.15) is 16.8 Å². The number of hydrogen-bond donors (Lipinski definition) is 1. The first-order valence-electron chi connectivity index (χ1n) is 5.81. The number of aliphatic hydroxyl groups is 1. The lowest BCUT2D eigenvalue weighted by molar-refractivity contribution is 0.0940. The molecule has 0 radical (unpaired) electrons. The first-order valence-corrected chi connectivity index (χ1v) is 6.19. The van der Waals surface area contributed by atoms with Crippen LogP contribution in [-0.4, -0.2) is 42.0 Å². The van der Waals surface area contributed by atoms with Crippen molar-refractivity contribution in [2.24, 2.45) is 5.92 Å². The number of likely N-dealkylation sites (tertiary alicyclic amines) is 1. The third kappa shape index (κ3) is 3.28. The van der Waals surface area contributed by atoms with Crippen LogP contribution in [-0.2, 0) is 0 Å². The molecule has 2 rings (SSSR count). The fourth-order valence-electron chi connectivity index (χ4n) is 2.16. The minimum atomic E-state index is 0.0890. The van der Waals surface area contributed by atoms with Gasteiger partial charge in [0.2, 0.25) is 0 Å². The van der Waals surface area contributed by atoms with Crippen LogP contribution in [0.3, 0.4) is 0 Å². The third-order valence-corrected chi connectivity index (χ3v) is 3.38. The highest BCUT2D eigenvalue weighted by Gasteiger charge is 2.23. The monoisotopic (exact) mass is 253 g/mol. The number of hydrogen-bond acceptors (Lipinski definition) is 3. The van der Waals surface area contributed by atoms with E-state index >= 15 is 0 Å². The molecule has 17 heavy (non-hydrogen) atoms. The summed E-state index contributed by atoms with van der Waals surface area (Å²) in [6.07, 6.45) is 0.972. The first kappa shape index (κ1) is 12.6. The normalized spacial score (nSPS) is 20.7. The Kier molecular flexibility index (Phi) is 4.15. The van der Waals surface area contributed by atoms with Gasteiger partial charge in [-0.3, -0.25) is 9.69 Å². The number of halogens is 1. The molecule has 1 aliphatic heterocycles. The molecule has 1 N–H and O–H groups in total. The van der Waals surface area contributed by atoms with Crippen molar-refractivity contribution in [3.8, 4) is 0 Å². The molecule has 1 aromatic rings. The number of carbonyl (C=O) groups excluding carboxylic acids is 1. The Morgan fingerprint density at radius 1 is 1.53 bits per heavy atom. The molecular weight excluding hydrogens is 238 g/mol. The van der Waals surface area contributed by atoms with Gasteiger partial charge in [0.15, 0.2) is 5.78 Å². The van der Waals surface area contributed by atoms with Gasteiger partial charge in [-0.2, -0.15) is 0 Å². The average molecular weight is 254 g/mol. The predicted octanol–water partition coefficient (Wildman–Crippen LogP) is 1.84. The van der Waals surface area contributed by atoms with Crippen LogP contribution < -0.4 is 0 Å². The maximum absolute atomic E-state index is 12.0. The number of ketones is 1. The molecule has 0 amide bonds. The molecule has 1 aliphatic rings. The van der Waals surface area contributed by atoms with Crippen molar-refractivity contribution in [1.82, 2.24) is 4.90 Å². The molecule has 1 atom stereocenters. The zero-order valence-electron chi connectivity index (χ0n) is 9.60. The van der Waals surface area contributed by atoms with Gasteiger partial charge in [-0.1, -0.05) is 23.7 Å². The van der Waals surface area contributed by atoms with Gasteiger partial charge in [-0.25, -0.2) is 0 Å². The van der Waals surface area contributed by atoms with E-state index in [4.69, 9.17) is 16.7 Å². The van der Waals surface area contributed by atoms with Crippen molar-refractivity contribution in [2.45, 2.75) is 6.42 Å². The third-order valence-electron chi connectivity index (χ3n) is 3.14.